The maximum Gasteiger partial charge on any atom is 0.239 e. The number of hydrogen-bond acceptors (Lipinski definition) is 2. The summed E-state index contributed by atoms with van der Waals surface area (Å²) in [5, 5.41) is 3.43. The van der Waals surface area contributed by atoms with Gasteiger partial charge in [-0.2, -0.15) is 0 Å². The summed E-state index contributed by atoms with van der Waals surface area (Å²) >= 11 is 0. The van der Waals surface area contributed by atoms with Crippen molar-refractivity contribution in [2.75, 3.05) is 13.1 Å². The Bertz CT molecular complexity index is 292. The standard InChI is InChI=1S/C16H30N2O/c1-3-11-17-14-9-7-12-18(16(14)19)15-10-6-5-8-13(15)4-2/h13-15,17H,3-12H2,1-2H3. The van der Waals surface area contributed by atoms with Crippen molar-refractivity contribution in [1.29, 1.82) is 0 Å². The monoisotopic (exact) mass is 266 g/mol. The van der Waals surface area contributed by atoms with Crippen LogP contribution in [0.15, 0.2) is 0 Å². The van der Waals surface area contributed by atoms with Gasteiger partial charge in [0.25, 0.3) is 0 Å². The van der Waals surface area contributed by atoms with Crippen LogP contribution < -0.4 is 5.32 Å². The van der Waals surface area contributed by atoms with Gasteiger partial charge in [0.2, 0.25) is 5.91 Å². The highest BCUT2D eigenvalue weighted by molar-refractivity contribution is 5.83. The highest BCUT2D eigenvalue weighted by Gasteiger charge is 2.36. The Morgan fingerprint density at radius 2 is 1.95 bits per heavy atom. The number of rotatable bonds is 5. The van der Waals surface area contributed by atoms with Gasteiger partial charge in [-0.3, -0.25) is 4.79 Å². The molecular weight excluding hydrogens is 236 g/mol. The van der Waals surface area contributed by atoms with E-state index in [1.165, 1.54) is 38.5 Å². The van der Waals surface area contributed by atoms with Crippen molar-refractivity contribution in [2.24, 2.45) is 5.92 Å². The first kappa shape index (κ1) is 14.8. The fourth-order valence-corrected chi connectivity index (χ4v) is 3.81. The quantitative estimate of drug-likeness (QED) is 0.830. The molecule has 1 amide bonds. The third-order valence-corrected chi connectivity index (χ3v) is 4.91. The number of nitrogens with zero attached hydrogens (tertiary/aromatic N) is 1. The Labute approximate surface area is 118 Å². The molecule has 1 saturated carbocycles. The van der Waals surface area contributed by atoms with Crippen molar-refractivity contribution in [3.8, 4) is 0 Å². The molecule has 1 aliphatic carbocycles. The molecule has 0 aromatic rings. The Hall–Kier alpha value is -0.570. The average Bonchev–Trinajstić information content (AvgIpc) is 2.46. The molecule has 2 rings (SSSR count). The van der Waals surface area contributed by atoms with Crippen molar-refractivity contribution in [2.45, 2.75) is 77.3 Å². The minimum absolute atomic E-state index is 0.0909. The van der Waals surface area contributed by atoms with Gasteiger partial charge in [-0.15, -0.1) is 0 Å². The number of hydrogen-bond donors (Lipinski definition) is 1. The van der Waals surface area contributed by atoms with Gasteiger partial charge in [0, 0.05) is 12.6 Å². The zero-order valence-corrected chi connectivity index (χ0v) is 12.7. The number of piperidine rings is 1. The maximum absolute atomic E-state index is 12.7. The lowest BCUT2D eigenvalue weighted by Gasteiger charge is -2.43. The maximum atomic E-state index is 12.7. The molecule has 1 N–H and O–H groups in total. The van der Waals surface area contributed by atoms with E-state index in [4.69, 9.17) is 0 Å². The zero-order chi connectivity index (χ0) is 13.7. The number of likely N-dealkylation sites (tertiary alicyclic amines) is 1. The van der Waals surface area contributed by atoms with E-state index in [9.17, 15) is 4.79 Å². The molecule has 1 heterocycles. The molecule has 0 bridgehead atoms. The van der Waals surface area contributed by atoms with Gasteiger partial charge in [0.15, 0.2) is 0 Å². The van der Waals surface area contributed by atoms with Crippen molar-refractivity contribution in [3.05, 3.63) is 0 Å². The van der Waals surface area contributed by atoms with Gasteiger partial charge >= 0.3 is 0 Å². The first-order chi connectivity index (χ1) is 9.27. The second kappa shape index (κ2) is 7.28. The van der Waals surface area contributed by atoms with Gasteiger partial charge in [0.1, 0.15) is 0 Å². The molecule has 110 valence electrons. The Kier molecular flexibility index (Phi) is 5.68. The minimum Gasteiger partial charge on any atom is -0.338 e. The fraction of sp³-hybridized carbons (Fsp3) is 0.938. The predicted octanol–water partition coefficient (Wildman–Crippen LogP) is 2.95. The van der Waals surface area contributed by atoms with Crippen LogP contribution in [0.2, 0.25) is 0 Å². The number of carbonyl (C=O) groups is 1. The molecule has 0 radical (unpaired) electrons. The van der Waals surface area contributed by atoms with E-state index in [2.05, 4.69) is 24.1 Å². The van der Waals surface area contributed by atoms with Gasteiger partial charge in [-0.05, 0) is 44.6 Å². The number of carbonyl (C=O) groups excluding carboxylic acids is 1. The summed E-state index contributed by atoms with van der Waals surface area (Å²) in [6, 6.07) is 0.616. The topological polar surface area (TPSA) is 32.3 Å². The van der Waals surface area contributed by atoms with Gasteiger partial charge < -0.3 is 10.2 Å². The van der Waals surface area contributed by atoms with Gasteiger partial charge in [0.05, 0.1) is 6.04 Å². The molecule has 0 aromatic carbocycles. The van der Waals surface area contributed by atoms with Crippen LogP contribution in [0.1, 0.15) is 65.2 Å². The van der Waals surface area contributed by atoms with Crippen molar-refractivity contribution >= 4 is 5.91 Å². The molecule has 3 nitrogen and oxygen atoms in total. The van der Waals surface area contributed by atoms with Crippen LogP contribution in [0.3, 0.4) is 0 Å². The summed E-state index contributed by atoms with van der Waals surface area (Å²) in [4.78, 5) is 14.9. The molecule has 0 aromatic heterocycles. The summed E-state index contributed by atoms with van der Waals surface area (Å²) in [7, 11) is 0. The first-order valence-electron chi connectivity index (χ1n) is 8.31. The highest BCUT2D eigenvalue weighted by atomic mass is 16.2. The molecule has 1 saturated heterocycles. The average molecular weight is 266 g/mol. The molecular formula is C16H30N2O. The summed E-state index contributed by atoms with van der Waals surface area (Å²) in [6.45, 7) is 6.40. The Morgan fingerprint density at radius 3 is 2.68 bits per heavy atom. The minimum atomic E-state index is 0.0909. The van der Waals surface area contributed by atoms with E-state index in [1.54, 1.807) is 0 Å². The lowest BCUT2D eigenvalue weighted by molar-refractivity contribution is -0.140. The molecule has 3 heteroatoms. The SMILES string of the molecule is CCCNC1CCCN(C2CCCCC2CC)C1=O. The number of amides is 1. The lowest BCUT2D eigenvalue weighted by Crippen LogP contribution is -2.56. The van der Waals surface area contributed by atoms with E-state index < -0.39 is 0 Å². The third-order valence-electron chi connectivity index (χ3n) is 4.91. The molecule has 19 heavy (non-hydrogen) atoms. The molecule has 2 aliphatic rings. The van der Waals surface area contributed by atoms with Crippen LogP contribution in [0.4, 0.5) is 0 Å². The van der Waals surface area contributed by atoms with Crippen molar-refractivity contribution < 1.29 is 4.79 Å². The van der Waals surface area contributed by atoms with Crippen molar-refractivity contribution in [1.82, 2.24) is 10.2 Å². The van der Waals surface area contributed by atoms with Crippen LogP contribution in [0.25, 0.3) is 0 Å². The highest BCUT2D eigenvalue weighted by Crippen LogP contribution is 2.32. The largest absolute Gasteiger partial charge is 0.338 e. The van der Waals surface area contributed by atoms with Crippen LogP contribution >= 0.6 is 0 Å². The Morgan fingerprint density at radius 1 is 1.16 bits per heavy atom. The van der Waals surface area contributed by atoms with E-state index in [1.807, 2.05) is 0 Å². The van der Waals surface area contributed by atoms with E-state index in [-0.39, 0.29) is 6.04 Å². The second-order valence-electron chi connectivity index (χ2n) is 6.20. The van der Waals surface area contributed by atoms with Crippen LogP contribution in [-0.2, 0) is 4.79 Å². The van der Waals surface area contributed by atoms with E-state index >= 15 is 0 Å². The number of nitrogens with one attached hydrogen (secondary N) is 1. The second-order valence-corrected chi connectivity index (χ2v) is 6.20. The fourth-order valence-electron chi connectivity index (χ4n) is 3.81. The Balaban J connectivity index is 1.99. The summed E-state index contributed by atoms with van der Waals surface area (Å²) < 4.78 is 0. The van der Waals surface area contributed by atoms with E-state index in [0.717, 1.165) is 31.8 Å². The molecule has 3 atom stereocenters. The zero-order valence-electron chi connectivity index (χ0n) is 12.7. The van der Waals surface area contributed by atoms with Crippen LogP contribution in [-0.4, -0.2) is 36.0 Å². The smallest absolute Gasteiger partial charge is 0.239 e. The van der Waals surface area contributed by atoms with Crippen LogP contribution in [0.5, 0.6) is 0 Å². The summed E-state index contributed by atoms with van der Waals surface area (Å²) in [5.41, 5.74) is 0. The summed E-state index contributed by atoms with van der Waals surface area (Å²) in [5.74, 6) is 1.12. The van der Waals surface area contributed by atoms with Gasteiger partial charge in [-0.1, -0.05) is 33.1 Å². The third kappa shape index (κ3) is 3.50. The molecule has 0 spiro atoms. The molecule has 1 aliphatic heterocycles. The molecule has 3 unspecified atom stereocenters. The van der Waals surface area contributed by atoms with Crippen LogP contribution in [0, 0.1) is 5.92 Å². The normalized spacial score (nSPS) is 32.6. The lowest BCUT2D eigenvalue weighted by atomic mass is 9.81. The summed E-state index contributed by atoms with van der Waals surface area (Å²) in [6.07, 6.45) is 9.72. The van der Waals surface area contributed by atoms with E-state index in [0.29, 0.717) is 11.9 Å². The van der Waals surface area contributed by atoms with Crippen molar-refractivity contribution in [3.63, 3.8) is 0 Å². The molecule has 2 fully saturated rings. The predicted molar refractivity (Wildman–Crippen MR) is 79.1 cm³/mol. The first-order valence-corrected chi connectivity index (χ1v) is 8.31. The van der Waals surface area contributed by atoms with Gasteiger partial charge in [-0.25, -0.2) is 0 Å².